The molecule has 0 spiro atoms. The monoisotopic (exact) mass is 583 g/mol. The van der Waals surface area contributed by atoms with Crippen LogP contribution in [0.2, 0.25) is 0 Å². The first-order chi connectivity index (χ1) is 26.9. The number of hydrogen-bond donors (Lipinski definition) is 0. The van der Waals surface area contributed by atoms with Gasteiger partial charge in [0, 0.05) is 16.3 Å². The van der Waals surface area contributed by atoms with Gasteiger partial charge < -0.3 is 4.42 Å². The van der Waals surface area contributed by atoms with E-state index < -0.39 is 66.0 Å². The summed E-state index contributed by atoms with van der Waals surface area (Å²) in [6.07, 6.45) is 0. The molecule has 0 fully saturated rings. The van der Waals surface area contributed by atoms with E-state index in [1.54, 1.807) is 0 Å². The predicted octanol–water partition coefficient (Wildman–Crippen LogP) is 12.6. The second kappa shape index (κ2) is 10.4. The molecule has 0 aliphatic rings. The minimum atomic E-state index is -0.652. The first-order valence-electron chi connectivity index (χ1n) is 20.0. The maximum atomic E-state index is 9.13. The zero-order valence-electron chi connectivity index (χ0n) is 34.7. The van der Waals surface area contributed by atoms with Gasteiger partial charge in [0.2, 0.25) is 0 Å². The fourth-order valence-corrected chi connectivity index (χ4v) is 6.28. The normalized spacial score (nSPS) is 15.0. The molecule has 45 heavy (non-hydrogen) atoms. The third-order valence-corrected chi connectivity index (χ3v) is 8.27. The summed E-state index contributed by atoms with van der Waals surface area (Å²) in [5, 5.41) is 4.17. The molecule has 9 aromatic rings. The zero-order valence-corrected chi connectivity index (χ0v) is 23.7. The smallest absolute Gasteiger partial charge is 0.143 e. The topological polar surface area (TPSA) is 13.1 Å². The summed E-state index contributed by atoms with van der Waals surface area (Å²) in [4.78, 5) is 0. The minimum Gasteiger partial charge on any atom is -0.455 e. The van der Waals surface area contributed by atoms with Crippen LogP contribution < -0.4 is 0 Å². The third kappa shape index (κ3) is 4.17. The number of para-hydroxylation sites is 1. The second-order valence-electron chi connectivity index (χ2n) is 10.8. The van der Waals surface area contributed by atoms with Crippen molar-refractivity contribution in [2.24, 2.45) is 0 Å². The first-order valence-corrected chi connectivity index (χ1v) is 14.5. The van der Waals surface area contributed by atoms with Gasteiger partial charge in [-0.1, -0.05) is 158 Å². The van der Waals surface area contributed by atoms with Gasteiger partial charge >= 0.3 is 0 Å². The van der Waals surface area contributed by atoms with E-state index in [0.29, 0.717) is 5.56 Å². The zero-order chi connectivity index (χ0) is 39.3. The van der Waals surface area contributed by atoms with Crippen molar-refractivity contribution in [1.29, 1.82) is 0 Å². The van der Waals surface area contributed by atoms with Crippen LogP contribution in [0, 0.1) is 0 Å². The average molecular weight is 584 g/mol. The number of benzene rings is 8. The Kier molecular flexibility index (Phi) is 3.87. The van der Waals surface area contributed by atoms with Crippen molar-refractivity contribution in [3.63, 3.8) is 0 Å². The third-order valence-electron chi connectivity index (χ3n) is 8.27. The lowest BCUT2D eigenvalue weighted by Gasteiger charge is -2.18. The van der Waals surface area contributed by atoms with E-state index in [2.05, 4.69) is 36.4 Å². The van der Waals surface area contributed by atoms with Crippen LogP contribution in [0.4, 0.5) is 0 Å². The van der Waals surface area contributed by atoms with Crippen molar-refractivity contribution in [2.45, 2.75) is 0 Å². The lowest BCUT2D eigenvalue weighted by molar-refractivity contribution is 0.670. The fraction of sp³-hybridized carbons (Fsp3) is 0. The van der Waals surface area contributed by atoms with Gasteiger partial charge in [-0.3, -0.25) is 0 Å². The molecule has 0 N–H and O–H groups in total. The summed E-state index contributed by atoms with van der Waals surface area (Å²) in [5.74, 6) is 0. The Morgan fingerprint density at radius 2 is 0.956 bits per heavy atom. The molecule has 1 nitrogen and oxygen atoms in total. The van der Waals surface area contributed by atoms with E-state index in [-0.39, 0.29) is 39.1 Å². The predicted molar refractivity (Wildman–Crippen MR) is 190 cm³/mol. The lowest BCUT2D eigenvalue weighted by Crippen LogP contribution is -1.90. The summed E-state index contributed by atoms with van der Waals surface area (Å²) < 4.78 is 101. The van der Waals surface area contributed by atoms with Crippen LogP contribution >= 0.6 is 0 Å². The molecule has 1 heteroatoms. The quantitative estimate of drug-likeness (QED) is 0.188. The molecule has 8 aromatic carbocycles. The number of hydrogen-bond acceptors (Lipinski definition) is 1. The van der Waals surface area contributed by atoms with Crippen molar-refractivity contribution >= 4 is 43.5 Å². The molecular formula is C44H28O. The van der Waals surface area contributed by atoms with Crippen LogP contribution in [-0.2, 0) is 0 Å². The highest BCUT2D eigenvalue weighted by Gasteiger charge is 2.17. The molecular weight excluding hydrogens is 544 g/mol. The first kappa shape index (κ1) is 16.8. The van der Waals surface area contributed by atoms with Gasteiger partial charge in [-0.05, 0) is 72.6 Å². The lowest BCUT2D eigenvalue weighted by atomic mass is 9.85. The number of rotatable bonds is 4. The number of furan rings is 1. The maximum Gasteiger partial charge on any atom is 0.143 e. The van der Waals surface area contributed by atoms with E-state index in [1.165, 1.54) is 0 Å². The van der Waals surface area contributed by atoms with E-state index in [9.17, 15) is 0 Å². The molecule has 210 valence electrons. The SMILES string of the molecule is [2H]c1c([2H])c([2H])c(-c2c([2H])c([2H])c3c(oc4c(-c5ccc(-c6c7ccccc7c(-c7ccccc7)c7ccccc67)cc5)c([2H])c([2H])c([2H])c43)c2[2H])c([2H])c1[2H]. The van der Waals surface area contributed by atoms with Crippen LogP contribution in [0.15, 0.2) is 174 Å². The summed E-state index contributed by atoms with van der Waals surface area (Å²) in [7, 11) is 0. The largest absolute Gasteiger partial charge is 0.455 e. The summed E-state index contributed by atoms with van der Waals surface area (Å²) >= 11 is 0. The highest BCUT2D eigenvalue weighted by Crippen LogP contribution is 2.44. The Morgan fingerprint density at radius 1 is 0.378 bits per heavy atom. The highest BCUT2D eigenvalue weighted by atomic mass is 16.3. The fourth-order valence-electron chi connectivity index (χ4n) is 6.28. The molecule has 0 atom stereocenters. The minimum absolute atomic E-state index is 0.0202. The van der Waals surface area contributed by atoms with Gasteiger partial charge in [0.15, 0.2) is 0 Å². The molecule has 0 bridgehead atoms. The standard InChI is InChI=1S/C44H28O/c1-3-12-29(13-4-1)33-26-27-35-40-21-11-20-34(44(40)45-41(35)28-33)30-22-24-32(25-23-30)43-38-18-9-7-16-36(38)42(31-14-5-2-6-15-31)37-17-8-10-19-39(37)43/h1-28H/i1D,3D,4D,11D,12D,13D,20D,21D,26D,27D,28D. The van der Waals surface area contributed by atoms with E-state index >= 15 is 0 Å². The van der Waals surface area contributed by atoms with Crippen LogP contribution in [-0.4, -0.2) is 0 Å². The Morgan fingerprint density at radius 3 is 1.60 bits per heavy atom. The molecule has 0 aliphatic carbocycles. The van der Waals surface area contributed by atoms with Gasteiger partial charge in [-0.25, -0.2) is 0 Å². The van der Waals surface area contributed by atoms with Crippen molar-refractivity contribution in [3.8, 4) is 44.5 Å². The molecule has 1 heterocycles. The van der Waals surface area contributed by atoms with Crippen molar-refractivity contribution < 1.29 is 19.5 Å². The molecule has 1 aromatic heterocycles. The van der Waals surface area contributed by atoms with Crippen molar-refractivity contribution in [1.82, 2.24) is 0 Å². The molecule has 0 saturated heterocycles. The Bertz CT molecular complexity index is 3050. The number of fused-ring (bicyclic) bond motifs is 5. The Hall–Kier alpha value is -5.92. The molecule has 9 rings (SSSR count). The molecule has 0 saturated carbocycles. The van der Waals surface area contributed by atoms with E-state index in [1.807, 2.05) is 66.7 Å². The van der Waals surface area contributed by atoms with Gasteiger partial charge in [0.05, 0.1) is 15.1 Å². The summed E-state index contributed by atoms with van der Waals surface area (Å²) in [6.45, 7) is 0. The van der Waals surface area contributed by atoms with Gasteiger partial charge in [0.25, 0.3) is 0 Å². The molecule has 0 radical (unpaired) electrons. The van der Waals surface area contributed by atoms with Crippen molar-refractivity contribution in [3.05, 3.63) is 170 Å². The van der Waals surface area contributed by atoms with Crippen LogP contribution in [0.25, 0.3) is 88.0 Å². The maximum absolute atomic E-state index is 9.13. The van der Waals surface area contributed by atoms with Crippen molar-refractivity contribution in [2.75, 3.05) is 0 Å². The summed E-state index contributed by atoms with van der Waals surface area (Å²) in [5.41, 5.74) is 3.73. The molecule has 0 unspecified atom stereocenters. The molecule has 0 aliphatic heterocycles. The van der Waals surface area contributed by atoms with Gasteiger partial charge in [-0.2, -0.15) is 0 Å². The highest BCUT2D eigenvalue weighted by molar-refractivity contribution is 6.21. The Balaban J connectivity index is 1.28. The molecule has 0 amide bonds. The van der Waals surface area contributed by atoms with Crippen LogP contribution in [0.3, 0.4) is 0 Å². The van der Waals surface area contributed by atoms with Crippen LogP contribution in [0.1, 0.15) is 15.1 Å². The van der Waals surface area contributed by atoms with Gasteiger partial charge in [0.1, 0.15) is 11.2 Å². The average Bonchev–Trinajstić information content (AvgIpc) is 3.62. The second-order valence-corrected chi connectivity index (χ2v) is 10.8. The van der Waals surface area contributed by atoms with E-state index in [4.69, 9.17) is 19.5 Å². The van der Waals surface area contributed by atoms with Crippen LogP contribution in [0.5, 0.6) is 0 Å². The van der Waals surface area contributed by atoms with Gasteiger partial charge in [-0.15, -0.1) is 0 Å². The Labute approximate surface area is 277 Å². The van der Waals surface area contributed by atoms with E-state index in [0.717, 1.165) is 43.8 Å². The summed E-state index contributed by atoms with van der Waals surface area (Å²) in [6, 6.07) is 28.4.